The van der Waals surface area contributed by atoms with Crippen molar-refractivity contribution in [3.63, 3.8) is 0 Å². The monoisotopic (exact) mass is 271 g/mol. The molecule has 1 saturated heterocycles. The maximum atomic E-state index is 11.5. The van der Waals surface area contributed by atoms with Crippen LogP contribution in [0.4, 0.5) is 0 Å². The summed E-state index contributed by atoms with van der Waals surface area (Å²) < 4.78 is 5.41. The predicted molar refractivity (Wildman–Crippen MR) is 72.8 cm³/mol. The van der Waals surface area contributed by atoms with Gasteiger partial charge in [0.2, 0.25) is 11.8 Å². The van der Waals surface area contributed by atoms with E-state index < -0.39 is 0 Å². The minimum Gasteiger partial charge on any atom is -0.376 e. The van der Waals surface area contributed by atoms with Gasteiger partial charge in [0.05, 0.1) is 6.10 Å². The van der Waals surface area contributed by atoms with Crippen LogP contribution in [0, 0.1) is 0 Å². The van der Waals surface area contributed by atoms with Crippen molar-refractivity contribution in [2.24, 2.45) is 0 Å². The second kappa shape index (κ2) is 8.87. The van der Waals surface area contributed by atoms with Crippen molar-refractivity contribution in [1.29, 1.82) is 0 Å². The van der Waals surface area contributed by atoms with Gasteiger partial charge in [-0.25, -0.2) is 0 Å². The van der Waals surface area contributed by atoms with Gasteiger partial charge in [0, 0.05) is 39.1 Å². The zero-order valence-corrected chi connectivity index (χ0v) is 11.9. The number of nitrogens with one attached hydrogen (secondary N) is 2. The Morgan fingerprint density at radius 3 is 2.47 bits per heavy atom. The third-order valence-corrected chi connectivity index (χ3v) is 3.01. The van der Waals surface area contributed by atoms with Crippen molar-refractivity contribution in [1.82, 2.24) is 15.5 Å². The maximum Gasteiger partial charge on any atom is 0.220 e. The zero-order chi connectivity index (χ0) is 14.1. The van der Waals surface area contributed by atoms with E-state index in [1.54, 1.807) is 0 Å². The third kappa shape index (κ3) is 7.79. The molecule has 0 aromatic heterocycles. The Labute approximate surface area is 114 Å². The fourth-order valence-electron chi connectivity index (χ4n) is 1.86. The number of hydrogen-bond acceptors (Lipinski definition) is 4. The van der Waals surface area contributed by atoms with E-state index >= 15 is 0 Å². The summed E-state index contributed by atoms with van der Waals surface area (Å²) in [6.07, 6.45) is 2.70. The number of ether oxygens (including phenoxy) is 1. The van der Waals surface area contributed by atoms with Crippen molar-refractivity contribution in [3.8, 4) is 0 Å². The first kappa shape index (κ1) is 15.9. The first-order valence-corrected chi connectivity index (χ1v) is 6.87. The molecule has 0 aromatic rings. The molecule has 1 unspecified atom stereocenters. The lowest BCUT2D eigenvalue weighted by Crippen LogP contribution is -2.34. The zero-order valence-electron chi connectivity index (χ0n) is 11.9. The van der Waals surface area contributed by atoms with Crippen LogP contribution in [-0.4, -0.2) is 63.2 Å². The molecule has 1 heterocycles. The van der Waals surface area contributed by atoms with Crippen molar-refractivity contribution < 1.29 is 14.3 Å². The molecular weight excluding hydrogens is 246 g/mol. The lowest BCUT2D eigenvalue weighted by atomic mass is 10.2. The number of hydrogen-bond donors (Lipinski definition) is 2. The highest BCUT2D eigenvalue weighted by atomic mass is 16.5. The normalized spacial score (nSPS) is 18.6. The fourth-order valence-corrected chi connectivity index (χ4v) is 1.86. The van der Waals surface area contributed by atoms with Gasteiger partial charge in [-0.1, -0.05) is 0 Å². The minimum absolute atomic E-state index is 0.0749. The molecular formula is C13H25N3O3. The summed E-state index contributed by atoms with van der Waals surface area (Å²) in [5.74, 6) is -0.160. The molecule has 0 aliphatic carbocycles. The molecule has 2 amide bonds. The molecule has 1 aliphatic heterocycles. The summed E-state index contributed by atoms with van der Waals surface area (Å²) in [5.41, 5.74) is 0. The second-order valence-electron chi connectivity index (χ2n) is 5.09. The topological polar surface area (TPSA) is 70.7 Å². The van der Waals surface area contributed by atoms with Gasteiger partial charge >= 0.3 is 0 Å². The van der Waals surface area contributed by atoms with E-state index in [-0.39, 0.29) is 30.8 Å². The predicted octanol–water partition coefficient (Wildman–Crippen LogP) is -0.260. The Morgan fingerprint density at radius 1 is 1.21 bits per heavy atom. The van der Waals surface area contributed by atoms with Crippen LogP contribution >= 0.6 is 0 Å². The van der Waals surface area contributed by atoms with E-state index in [1.165, 1.54) is 0 Å². The smallest absolute Gasteiger partial charge is 0.220 e. The summed E-state index contributed by atoms with van der Waals surface area (Å²) in [7, 11) is 3.90. The Hall–Kier alpha value is -1.14. The number of rotatable bonds is 8. The van der Waals surface area contributed by atoms with E-state index in [2.05, 4.69) is 10.6 Å². The summed E-state index contributed by atoms with van der Waals surface area (Å²) in [6.45, 7) is 2.76. The number of nitrogens with zero attached hydrogens (tertiary/aromatic N) is 1. The van der Waals surface area contributed by atoms with Crippen LogP contribution in [0.2, 0.25) is 0 Å². The summed E-state index contributed by atoms with van der Waals surface area (Å²) >= 11 is 0. The standard InChI is InChI=1S/C13H25N3O3/c1-16(2)8-7-14-12(17)5-6-13(18)15-10-11-4-3-9-19-11/h11H,3-10H2,1-2H3,(H,14,17)(H,15,18). The molecule has 19 heavy (non-hydrogen) atoms. The average molecular weight is 271 g/mol. The average Bonchev–Trinajstić information content (AvgIpc) is 2.86. The van der Waals surface area contributed by atoms with Gasteiger partial charge in [0.1, 0.15) is 0 Å². The van der Waals surface area contributed by atoms with E-state index in [9.17, 15) is 9.59 Å². The quantitative estimate of drug-likeness (QED) is 0.638. The Morgan fingerprint density at radius 2 is 1.89 bits per heavy atom. The van der Waals surface area contributed by atoms with Crippen molar-refractivity contribution in [2.75, 3.05) is 40.3 Å². The molecule has 1 rings (SSSR count). The molecule has 2 N–H and O–H groups in total. The lowest BCUT2D eigenvalue weighted by Gasteiger charge is -2.11. The summed E-state index contributed by atoms with van der Waals surface area (Å²) in [4.78, 5) is 25.0. The number of carbonyl (C=O) groups excluding carboxylic acids is 2. The largest absolute Gasteiger partial charge is 0.376 e. The van der Waals surface area contributed by atoms with Crippen molar-refractivity contribution >= 4 is 11.8 Å². The lowest BCUT2D eigenvalue weighted by molar-refractivity contribution is -0.126. The molecule has 0 saturated carbocycles. The molecule has 110 valence electrons. The van der Waals surface area contributed by atoms with Crippen molar-refractivity contribution in [3.05, 3.63) is 0 Å². The van der Waals surface area contributed by atoms with Gasteiger partial charge in [-0.15, -0.1) is 0 Å². The van der Waals surface area contributed by atoms with Gasteiger partial charge in [0.25, 0.3) is 0 Å². The molecule has 6 nitrogen and oxygen atoms in total. The van der Waals surface area contributed by atoms with Crippen LogP contribution in [0.1, 0.15) is 25.7 Å². The summed E-state index contributed by atoms with van der Waals surface area (Å²) in [5, 5.41) is 5.58. The molecule has 0 aromatic carbocycles. The molecule has 1 atom stereocenters. The van der Waals surface area contributed by atoms with Gasteiger partial charge in [-0.2, -0.15) is 0 Å². The fraction of sp³-hybridized carbons (Fsp3) is 0.846. The Kier molecular flexibility index (Phi) is 7.43. The Balaban J connectivity index is 2.00. The number of carbonyl (C=O) groups is 2. The van der Waals surface area contributed by atoms with Crippen molar-refractivity contribution in [2.45, 2.75) is 31.8 Å². The first-order valence-electron chi connectivity index (χ1n) is 6.87. The highest BCUT2D eigenvalue weighted by Crippen LogP contribution is 2.10. The highest BCUT2D eigenvalue weighted by molar-refractivity contribution is 5.83. The Bertz CT molecular complexity index is 289. The summed E-state index contributed by atoms with van der Waals surface area (Å²) in [6, 6.07) is 0. The first-order chi connectivity index (χ1) is 9.08. The van der Waals surface area contributed by atoms with Gasteiger partial charge in [-0.05, 0) is 26.9 Å². The van der Waals surface area contributed by atoms with Crippen LogP contribution in [0.25, 0.3) is 0 Å². The maximum absolute atomic E-state index is 11.5. The van der Waals surface area contributed by atoms with E-state index in [4.69, 9.17) is 4.74 Å². The van der Waals surface area contributed by atoms with Crippen LogP contribution < -0.4 is 10.6 Å². The third-order valence-electron chi connectivity index (χ3n) is 3.01. The van der Waals surface area contributed by atoms with E-state index in [0.29, 0.717) is 13.1 Å². The van der Waals surface area contributed by atoms with Gasteiger partial charge in [-0.3, -0.25) is 9.59 Å². The molecule has 0 radical (unpaired) electrons. The second-order valence-corrected chi connectivity index (χ2v) is 5.09. The molecule has 1 fully saturated rings. The number of amides is 2. The molecule has 1 aliphatic rings. The SMILES string of the molecule is CN(C)CCNC(=O)CCC(=O)NCC1CCCO1. The van der Waals surface area contributed by atoms with Gasteiger partial charge in [0.15, 0.2) is 0 Å². The van der Waals surface area contributed by atoms with Gasteiger partial charge < -0.3 is 20.3 Å². The van der Waals surface area contributed by atoms with E-state index in [1.807, 2.05) is 19.0 Å². The molecule has 0 bridgehead atoms. The van der Waals surface area contributed by atoms with E-state index in [0.717, 1.165) is 26.0 Å². The van der Waals surface area contributed by atoms with Crippen LogP contribution in [-0.2, 0) is 14.3 Å². The minimum atomic E-state index is -0.0849. The molecule has 6 heteroatoms. The van der Waals surface area contributed by atoms with Crippen LogP contribution in [0.5, 0.6) is 0 Å². The van der Waals surface area contributed by atoms with Crippen LogP contribution in [0.15, 0.2) is 0 Å². The molecule has 0 spiro atoms. The number of likely N-dealkylation sites (N-methyl/N-ethyl adjacent to an activating group) is 1. The van der Waals surface area contributed by atoms with Crippen LogP contribution in [0.3, 0.4) is 0 Å². The highest BCUT2D eigenvalue weighted by Gasteiger charge is 2.16.